The molecule has 1 heterocycles. The summed E-state index contributed by atoms with van der Waals surface area (Å²) in [4.78, 5) is 24.2. The van der Waals surface area contributed by atoms with Gasteiger partial charge in [0.25, 0.3) is 11.8 Å². The van der Waals surface area contributed by atoms with Crippen LogP contribution in [0.5, 0.6) is 11.5 Å². The zero-order chi connectivity index (χ0) is 18.0. The number of nitrogens with zero attached hydrogens (tertiary/aromatic N) is 1. The minimum atomic E-state index is -0.361. The van der Waals surface area contributed by atoms with E-state index in [2.05, 4.69) is 10.6 Å². The second-order valence-electron chi connectivity index (χ2n) is 5.47. The molecule has 0 saturated heterocycles. The normalized spacial score (nSPS) is 12.5. The lowest BCUT2D eigenvalue weighted by molar-refractivity contribution is -0.114. The van der Waals surface area contributed by atoms with Crippen LogP contribution in [0, 0.1) is 0 Å². The summed E-state index contributed by atoms with van der Waals surface area (Å²) >= 11 is 0. The molecule has 0 spiro atoms. The van der Waals surface area contributed by atoms with Gasteiger partial charge in [-0.25, -0.2) is 5.32 Å². The minimum Gasteiger partial charge on any atom is -0.493 e. The predicted molar refractivity (Wildman–Crippen MR) is 93.8 cm³/mol. The number of amides is 2. The third-order valence-electron chi connectivity index (χ3n) is 3.99. The van der Waals surface area contributed by atoms with E-state index in [0.717, 1.165) is 10.6 Å². The molecular formula is C18H18N3O4. The van der Waals surface area contributed by atoms with Gasteiger partial charge in [0.15, 0.2) is 11.5 Å². The Kier molecular flexibility index (Phi) is 4.58. The molecule has 129 valence electrons. The molecule has 0 bridgehead atoms. The summed E-state index contributed by atoms with van der Waals surface area (Å²) in [6.07, 6.45) is 2.92. The van der Waals surface area contributed by atoms with Gasteiger partial charge in [0.05, 0.1) is 14.2 Å². The van der Waals surface area contributed by atoms with Crippen molar-refractivity contribution >= 4 is 34.9 Å². The molecule has 1 aliphatic heterocycles. The summed E-state index contributed by atoms with van der Waals surface area (Å²) in [6.45, 7) is 0.692. The maximum Gasteiger partial charge on any atom is 0.270 e. The van der Waals surface area contributed by atoms with Gasteiger partial charge in [0.2, 0.25) is 0 Å². The Hall–Kier alpha value is -3.06. The molecule has 1 radical (unpaired) electrons. The average Bonchev–Trinajstić information content (AvgIpc) is 2.63. The fourth-order valence-electron chi connectivity index (χ4n) is 2.82. The van der Waals surface area contributed by atoms with Crippen LogP contribution in [-0.2, 0) is 4.79 Å². The van der Waals surface area contributed by atoms with Crippen LogP contribution in [0.3, 0.4) is 0 Å². The summed E-state index contributed by atoms with van der Waals surface area (Å²) in [6, 6.07) is 5.21. The standard InChI is InChI=1S/C18H18N3O4/c1-24-15-7-11-12(8-16(15)25-2)14-9-21-17(22)6-10(14)5-13(11)18(23)20-4-3-19/h5-9H,3-4,19H2,1-2H3,(H,20,23). The molecule has 25 heavy (non-hydrogen) atoms. The third kappa shape index (κ3) is 3.01. The van der Waals surface area contributed by atoms with Gasteiger partial charge in [-0.15, -0.1) is 0 Å². The molecule has 3 N–H and O–H groups in total. The van der Waals surface area contributed by atoms with E-state index in [0.29, 0.717) is 40.8 Å². The first-order valence-corrected chi connectivity index (χ1v) is 7.72. The van der Waals surface area contributed by atoms with E-state index in [1.165, 1.54) is 26.5 Å². The van der Waals surface area contributed by atoms with Crippen LogP contribution in [0.4, 0.5) is 0 Å². The number of hydrogen-bond donors (Lipinski definition) is 2. The Balaban J connectivity index is 2.37. The molecule has 3 rings (SSSR count). The molecule has 7 nitrogen and oxygen atoms in total. The molecule has 0 atom stereocenters. The summed E-state index contributed by atoms with van der Waals surface area (Å²) < 4.78 is 10.7. The van der Waals surface area contributed by atoms with Gasteiger partial charge in [0.1, 0.15) is 0 Å². The van der Waals surface area contributed by atoms with Crippen molar-refractivity contribution in [2.45, 2.75) is 0 Å². The molecule has 0 fully saturated rings. The number of rotatable bonds is 5. The van der Waals surface area contributed by atoms with Crippen molar-refractivity contribution < 1.29 is 19.1 Å². The predicted octanol–water partition coefficient (Wildman–Crippen LogP) is -0.791. The molecule has 2 aromatic carbocycles. The first-order valence-electron chi connectivity index (χ1n) is 7.72. The summed E-state index contributed by atoms with van der Waals surface area (Å²) in [5.41, 5.74) is 5.89. The molecule has 2 amide bonds. The maximum absolute atomic E-state index is 12.6. The average molecular weight is 340 g/mol. The first kappa shape index (κ1) is 16.8. The highest BCUT2D eigenvalue weighted by Gasteiger charge is 2.17. The first-order chi connectivity index (χ1) is 12.1. The summed E-state index contributed by atoms with van der Waals surface area (Å²) in [5, 5.41) is 9.41. The van der Waals surface area contributed by atoms with Gasteiger partial charge < -0.3 is 20.5 Å². The van der Waals surface area contributed by atoms with E-state index in [4.69, 9.17) is 15.2 Å². The van der Waals surface area contributed by atoms with E-state index < -0.39 is 0 Å². The Morgan fingerprint density at radius 2 is 1.84 bits per heavy atom. The highest BCUT2D eigenvalue weighted by molar-refractivity contribution is 6.11. The van der Waals surface area contributed by atoms with Gasteiger partial charge in [-0.2, -0.15) is 0 Å². The van der Waals surface area contributed by atoms with Crippen LogP contribution >= 0.6 is 0 Å². The number of fused-ring (bicyclic) bond motifs is 3. The van der Waals surface area contributed by atoms with Crippen LogP contribution in [0.15, 0.2) is 18.2 Å². The second-order valence-corrected chi connectivity index (χ2v) is 5.47. The van der Waals surface area contributed by atoms with Gasteiger partial charge in [-0.3, -0.25) is 9.59 Å². The molecule has 0 aromatic heterocycles. The van der Waals surface area contributed by atoms with Crippen LogP contribution in [0.1, 0.15) is 10.4 Å². The lowest BCUT2D eigenvalue weighted by Crippen LogP contribution is -2.36. The third-order valence-corrected chi connectivity index (χ3v) is 3.99. The number of carbonyl (C=O) groups is 2. The monoisotopic (exact) mass is 340 g/mol. The van der Waals surface area contributed by atoms with Crippen molar-refractivity contribution in [2.24, 2.45) is 5.73 Å². The number of nitrogens with two attached hydrogens (primary N) is 1. The Morgan fingerprint density at radius 1 is 1.16 bits per heavy atom. The van der Waals surface area contributed by atoms with E-state index >= 15 is 0 Å². The number of hydrogen-bond acceptors (Lipinski definition) is 5. The van der Waals surface area contributed by atoms with Gasteiger partial charge in [-0.05, 0) is 34.2 Å². The Morgan fingerprint density at radius 3 is 2.48 bits per heavy atom. The van der Waals surface area contributed by atoms with E-state index in [1.54, 1.807) is 18.2 Å². The van der Waals surface area contributed by atoms with Crippen LogP contribution in [-0.4, -0.2) is 39.1 Å². The lowest BCUT2D eigenvalue weighted by Gasteiger charge is -2.14. The van der Waals surface area contributed by atoms with Crippen LogP contribution in [0.2, 0.25) is 0 Å². The molecule has 0 aliphatic carbocycles. The van der Waals surface area contributed by atoms with Gasteiger partial charge in [0, 0.05) is 36.1 Å². The molecule has 2 aromatic rings. The number of nitrogens with one attached hydrogen (secondary N) is 1. The van der Waals surface area contributed by atoms with Crippen molar-refractivity contribution in [3.8, 4) is 11.5 Å². The Bertz CT molecular complexity index is 982. The lowest BCUT2D eigenvalue weighted by atomic mass is 9.98. The van der Waals surface area contributed by atoms with E-state index in [-0.39, 0.29) is 11.8 Å². The minimum absolute atomic E-state index is 0.270. The van der Waals surface area contributed by atoms with Crippen LogP contribution < -0.4 is 36.3 Å². The zero-order valence-electron chi connectivity index (χ0n) is 14.0. The number of ether oxygens (including phenoxy) is 2. The number of carbonyl (C=O) groups excluding carboxylic acids is 2. The summed E-state index contributed by atoms with van der Waals surface area (Å²) in [5.74, 6) is 0.409. The van der Waals surface area contributed by atoms with Crippen molar-refractivity contribution in [3.05, 3.63) is 34.2 Å². The second kappa shape index (κ2) is 6.82. The molecular weight excluding hydrogens is 322 g/mol. The number of benzene rings is 2. The van der Waals surface area contributed by atoms with Crippen molar-refractivity contribution in [1.29, 1.82) is 0 Å². The Labute approximate surface area is 144 Å². The summed E-state index contributed by atoms with van der Waals surface area (Å²) in [7, 11) is 3.07. The SMILES string of the molecule is COc1cc2c(C(=O)NCCN)cc3c(c2cc1OC)=C[N]C(=O)C=3. The van der Waals surface area contributed by atoms with Gasteiger partial charge in [-0.1, -0.05) is 0 Å². The smallest absolute Gasteiger partial charge is 0.270 e. The molecule has 0 unspecified atom stereocenters. The fraction of sp³-hybridized carbons (Fsp3) is 0.222. The number of methoxy groups -OCH3 is 2. The molecule has 7 heteroatoms. The van der Waals surface area contributed by atoms with Gasteiger partial charge >= 0.3 is 0 Å². The van der Waals surface area contributed by atoms with Crippen molar-refractivity contribution in [1.82, 2.24) is 10.6 Å². The topological polar surface area (TPSA) is 105 Å². The maximum atomic E-state index is 12.6. The van der Waals surface area contributed by atoms with Crippen LogP contribution in [0.25, 0.3) is 23.0 Å². The largest absolute Gasteiger partial charge is 0.493 e. The van der Waals surface area contributed by atoms with Crippen molar-refractivity contribution in [2.75, 3.05) is 27.3 Å². The van der Waals surface area contributed by atoms with Crippen molar-refractivity contribution in [3.63, 3.8) is 0 Å². The highest BCUT2D eigenvalue weighted by Crippen LogP contribution is 2.32. The zero-order valence-corrected chi connectivity index (χ0v) is 14.0. The highest BCUT2D eigenvalue weighted by atomic mass is 16.5. The van der Waals surface area contributed by atoms with E-state index in [9.17, 15) is 9.59 Å². The molecule has 1 aliphatic rings. The quantitative estimate of drug-likeness (QED) is 0.742. The molecule has 0 saturated carbocycles. The van der Waals surface area contributed by atoms with E-state index in [1.807, 2.05) is 0 Å². The fourth-order valence-corrected chi connectivity index (χ4v) is 2.82.